The average molecular weight is 218 g/mol. The lowest BCUT2D eigenvalue weighted by atomic mass is 9.88. The molecule has 0 aliphatic heterocycles. The molecule has 0 bridgehead atoms. The summed E-state index contributed by atoms with van der Waals surface area (Å²) in [6.07, 6.45) is 3.85. The first-order chi connectivity index (χ1) is 7.77. The average Bonchev–Trinajstić information content (AvgIpc) is 2.29. The molecule has 2 nitrogen and oxygen atoms in total. The Balaban J connectivity index is 1.96. The molecule has 16 heavy (non-hydrogen) atoms. The maximum absolute atomic E-state index is 3.67. The third-order valence-corrected chi connectivity index (χ3v) is 3.32. The van der Waals surface area contributed by atoms with Gasteiger partial charge in [-0.2, -0.15) is 0 Å². The van der Waals surface area contributed by atoms with E-state index in [1.807, 2.05) is 0 Å². The van der Waals surface area contributed by atoms with Crippen molar-refractivity contribution >= 4 is 0 Å². The molecule has 1 N–H and O–H groups in total. The number of fused-ring (bicyclic) bond motifs is 1. The van der Waals surface area contributed by atoms with Gasteiger partial charge in [-0.15, -0.1) is 0 Å². The zero-order chi connectivity index (χ0) is 11.4. The smallest absolute Gasteiger partial charge is 0.0323 e. The van der Waals surface area contributed by atoms with Crippen molar-refractivity contribution in [3.05, 3.63) is 35.4 Å². The highest BCUT2D eigenvalue weighted by Gasteiger charge is 2.18. The van der Waals surface area contributed by atoms with E-state index < -0.39 is 0 Å². The lowest BCUT2D eigenvalue weighted by Gasteiger charge is -2.27. The van der Waals surface area contributed by atoms with E-state index in [2.05, 4.69) is 48.6 Å². The molecular formula is C14H22N2. The summed E-state index contributed by atoms with van der Waals surface area (Å²) < 4.78 is 0. The normalized spacial score (nSPS) is 19.8. The highest BCUT2D eigenvalue weighted by Crippen LogP contribution is 2.28. The predicted octanol–water partition coefficient (Wildman–Crippen LogP) is 2.22. The number of nitrogens with zero attached hydrogens (tertiary/aromatic N) is 1. The van der Waals surface area contributed by atoms with Gasteiger partial charge in [0, 0.05) is 19.1 Å². The van der Waals surface area contributed by atoms with Gasteiger partial charge >= 0.3 is 0 Å². The van der Waals surface area contributed by atoms with Crippen molar-refractivity contribution in [1.82, 2.24) is 10.2 Å². The van der Waals surface area contributed by atoms with Crippen molar-refractivity contribution in [3.8, 4) is 0 Å². The van der Waals surface area contributed by atoms with Crippen LogP contribution in [0.25, 0.3) is 0 Å². The summed E-state index contributed by atoms with van der Waals surface area (Å²) in [6.45, 7) is 2.19. The summed E-state index contributed by atoms with van der Waals surface area (Å²) >= 11 is 0. The van der Waals surface area contributed by atoms with Crippen LogP contribution < -0.4 is 5.32 Å². The maximum Gasteiger partial charge on any atom is 0.0323 e. The Morgan fingerprint density at radius 3 is 2.94 bits per heavy atom. The van der Waals surface area contributed by atoms with Crippen LogP contribution in [0.2, 0.25) is 0 Å². The molecule has 0 fully saturated rings. The fraction of sp³-hybridized carbons (Fsp3) is 0.571. The standard InChI is InChI=1S/C14H22N2/c1-16(2)11-10-15-14-9-5-7-12-6-3-4-8-13(12)14/h3-4,6,8,14-15H,5,7,9-11H2,1-2H3. The molecule has 1 aliphatic carbocycles. The molecule has 2 heteroatoms. The van der Waals surface area contributed by atoms with E-state index in [1.54, 1.807) is 0 Å². The highest BCUT2D eigenvalue weighted by molar-refractivity contribution is 5.32. The number of rotatable bonds is 4. The fourth-order valence-electron chi connectivity index (χ4n) is 2.43. The van der Waals surface area contributed by atoms with Crippen molar-refractivity contribution in [2.24, 2.45) is 0 Å². The highest BCUT2D eigenvalue weighted by atomic mass is 15.1. The van der Waals surface area contributed by atoms with Crippen LogP contribution in [0.5, 0.6) is 0 Å². The Hall–Kier alpha value is -0.860. The summed E-state index contributed by atoms with van der Waals surface area (Å²) in [4.78, 5) is 2.22. The second-order valence-corrected chi connectivity index (χ2v) is 4.90. The van der Waals surface area contributed by atoms with Gasteiger partial charge in [0.25, 0.3) is 0 Å². The predicted molar refractivity (Wildman–Crippen MR) is 68.7 cm³/mol. The molecule has 88 valence electrons. The van der Waals surface area contributed by atoms with E-state index in [4.69, 9.17) is 0 Å². The minimum absolute atomic E-state index is 0.574. The minimum atomic E-state index is 0.574. The zero-order valence-corrected chi connectivity index (χ0v) is 10.4. The van der Waals surface area contributed by atoms with Gasteiger partial charge < -0.3 is 10.2 Å². The quantitative estimate of drug-likeness (QED) is 0.833. The third kappa shape index (κ3) is 2.83. The lowest BCUT2D eigenvalue weighted by Crippen LogP contribution is -2.31. The van der Waals surface area contributed by atoms with Crippen molar-refractivity contribution in [3.63, 3.8) is 0 Å². The monoisotopic (exact) mass is 218 g/mol. The molecule has 0 saturated heterocycles. The topological polar surface area (TPSA) is 15.3 Å². The largest absolute Gasteiger partial charge is 0.309 e. The fourth-order valence-corrected chi connectivity index (χ4v) is 2.43. The van der Waals surface area contributed by atoms with Crippen molar-refractivity contribution < 1.29 is 0 Å². The molecule has 1 aromatic carbocycles. The van der Waals surface area contributed by atoms with Crippen LogP contribution in [0.3, 0.4) is 0 Å². The number of aryl methyl sites for hydroxylation is 1. The molecular weight excluding hydrogens is 196 g/mol. The summed E-state index contributed by atoms with van der Waals surface area (Å²) in [5.74, 6) is 0. The Morgan fingerprint density at radius 2 is 2.12 bits per heavy atom. The van der Waals surface area contributed by atoms with Crippen LogP contribution in [-0.4, -0.2) is 32.1 Å². The lowest BCUT2D eigenvalue weighted by molar-refractivity contribution is 0.372. The van der Waals surface area contributed by atoms with Crippen molar-refractivity contribution in [2.45, 2.75) is 25.3 Å². The molecule has 1 atom stereocenters. The van der Waals surface area contributed by atoms with Crippen LogP contribution in [0.4, 0.5) is 0 Å². The number of hydrogen-bond acceptors (Lipinski definition) is 2. The van der Waals surface area contributed by atoms with Gasteiger partial charge in [0.05, 0.1) is 0 Å². The molecule has 0 spiro atoms. The molecule has 0 amide bonds. The zero-order valence-electron chi connectivity index (χ0n) is 10.4. The van der Waals surface area contributed by atoms with E-state index in [1.165, 1.54) is 30.4 Å². The van der Waals surface area contributed by atoms with Gasteiger partial charge in [-0.1, -0.05) is 24.3 Å². The van der Waals surface area contributed by atoms with Gasteiger partial charge in [-0.3, -0.25) is 0 Å². The first kappa shape index (κ1) is 11.6. The van der Waals surface area contributed by atoms with Crippen LogP contribution in [0, 0.1) is 0 Å². The van der Waals surface area contributed by atoms with Gasteiger partial charge in [0.1, 0.15) is 0 Å². The number of likely N-dealkylation sites (N-methyl/N-ethyl adjacent to an activating group) is 1. The van der Waals surface area contributed by atoms with Gasteiger partial charge in [0.15, 0.2) is 0 Å². The summed E-state index contributed by atoms with van der Waals surface area (Å²) in [5.41, 5.74) is 3.06. The van der Waals surface area contributed by atoms with E-state index >= 15 is 0 Å². The summed E-state index contributed by atoms with van der Waals surface area (Å²) in [6, 6.07) is 9.44. The Morgan fingerprint density at radius 1 is 1.31 bits per heavy atom. The molecule has 0 heterocycles. The van der Waals surface area contributed by atoms with E-state index in [9.17, 15) is 0 Å². The van der Waals surface area contributed by atoms with Crippen molar-refractivity contribution in [1.29, 1.82) is 0 Å². The molecule has 1 aliphatic rings. The van der Waals surface area contributed by atoms with Gasteiger partial charge in [-0.25, -0.2) is 0 Å². The number of nitrogens with one attached hydrogen (secondary N) is 1. The second kappa shape index (κ2) is 5.46. The minimum Gasteiger partial charge on any atom is -0.309 e. The summed E-state index contributed by atoms with van der Waals surface area (Å²) in [7, 11) is 4.24. The number of hydrogen-bond donors (Lipinski definition) is 1. The van der Waals surface area contributed by atoms with Crippen LogP contribution >= 0.6 is 0 Å². The molecule has 1 aromatic rings. The molecule has 1 unspecified atom stereocenters. The van der Waals surface area contributed by atoms with E-state index in [0.29, 0.717) is 6.04 Å². The second-order valence-electron chi connectivity index (χ2n) is 4.90. The Bertz CT molecular complexity index is 333. The van der Waals surface area contributed by atoms with Crippen LogP contribution in [0.15, 0.2) is 24.3 Å². The van der Waals surface area contributed by atoms with E-state index in [-0.39, 0.29) is 0 Å². The number of benzene rings is 1. The first-order valence-electron chi connectivity index (χ1n) is 6.23. The molecule has 0 radical (unpaired) electrons. The Labute approximate surface area is 98.7 Å². The Kier molecular flexibility index (Phi) is 3.97. The SMILES string of the molecule is CN(C)CCNC1CCCc2ccccc21. The first-order valence-corrected chi connectivity index (χ1v) is 6.23. The maximum atomic E-state index is 3.67. The third-order valence-electron chi connectivity index (χ3n) is 3.32. The van der Waals surface area contributed by atoms with Crippen LogP contribution in [-0.2, 0) is 6.42 Å². The van der Waals surface area contributed by atoms with Crippen LogP contribution in [0.1, 0.15) is 30.0 Å². The van der Waals surface area contributed by atoms with Gasteiger partial charge in [-0.05, 0) is 44.5 Å². The molecule has 0 aromatic heterocycles. The molecule has 2 rings (SSSR count). The van der Waals surface area contributed by atoms with E-state index in [0.717, 1.165) is 13.1 Å². The van der Waals surface area contributed by atoms with Gasteiger partial charge in [0.2, 0.25) is 0 Å². The summed E-state index contributed by atoms with van der Waals surface area (Å²) in [5, 5.41) is 3.67. The van der Waals surface area contributed by atoms with Crippen molar-refractivity contribution in [2.75, 3.05) is 27.2 Å². The molecule has 0 saturated carbocycles.